The van der Waals surface area contributed by atoms with Crippen LogP contribution in [0.3, 0.4) is 0 Å². The van der Waals surface area contributed by atoms with Crippen molar-refractivity contribution >= 4 is 15.5 Å². The summed E-state index contributed by atoms with van der Waals surface area (Å²) in [4.78, 5) is 0.264. The van der Waals surface area contributed by atoms with Crippen molar-refractivity contribution in [2.75, 3.05) is 11.6 Å². The predicted octanol–water partition coefficient (Wildman–Crippen LogP) is 1.17. The molecule has 0 bridgehead atoms. The summed E-state index contributed by atoms with van der Waals surface area (Å²) < 4.78 is 22.7. The standard InChI is InChI=1S/C13H16N2O3S/c1-19(17,18)11-4-2-10(3-5-11)15-12-6-9(8-14)7-13(12)16/h2-5,9,12-13,15-16H,6-7H2,1H3/t9-,12+,13+/m0/s1. The zero-order valence-corrected chi connectivity index (χ0v) is 11.4. The molecule has 0 radical (unpaired) electrons. The lowest BCUT2D eigenvalue weighted by atomic mass is 10.1. The van der Waals surface area contributed by atoms with Gasteiger partial charge in [0.05, 0.1) is 29.0 Å². The fourth-order valence-corrected chi connectivity index (χ4v) is 2.92. The van der Waals surface area contributed by atoms with Gasteiger partial charge >= 0.3 is 0 Å². The van der Waals surface area contributed by atoms with Gasteiger partial charge in [0, 0.05) is 11.9 Å². The lowest BCUT2D eigenvalue weighted by Gasteiger charge is -2.17. The molecule has 3 atom stereocenters. The van der Waals surface area contributed by atoms with Crippen molar-refractivity contribution in [3.05, 3.63) is 24.3 Å². The number of aliphatic hydroxyl groups is 1. The summed E-state index contributed by atoms with van der Waals surface area (Å²) in [6.07, 6.45) is 1.70. The second-order valence-corrected chi connectivity index (χ2v) is 6.93. The Morgan fingerprint density at radius 1 is 1.32 bits per heavy atom. The number of aliphatic hydroxyl groups excluding tert-OH is 1. The van der Waals surface area contributed by atoms with Crippen LogP contribution < -0.4 is 5.32 Å². The van der Waals surface area contributed by atoms with Crippen LogP contribution in [0, 0.1) is 17.2 Å². The quantitative estimate of drug-likeness (QED) is 0.867. The van der Waals surface area contributed by atoms with E-state index in [-0.39, 0.29) is 16.9 Å². The Hall–Kier alpha value is -1.58. The number of hydrogen-bond donors (Lipinski definition) is 2. The highest BCUT2D eigenvalue weighted by molar-refractivity contribution is 7.90. The van der Waals surface area contributed by atoms with Gasteiger partial charge in [-0.05, 0) is 37.1 Å². The van der Waals surface area contributed by atoms with Crippen LogP contribution in [-0.2, 0) is 9.84 Å². The number of hydrogen-bond acceptors (Lipinski definition) is 5. The van der Waals surface area contributed by atoms with Gasteiger partial charge in [0.25, 0.3) is 0 Å². The highest BCUT2D eigenvalue weighted by atomic mass is 32.2. The molecular formula is C13H16N2O3S. The minimum atomic E-state index is -3.19. The van der Waals surface area contributed by atoms with Crippen LogP contribution in [0.4, 0.5) is 5.69 Å². The van der Waals surface area contributed by atoms with Crippen LogP contribution in [0.5, 0.6) is 0 Å². The maximum absolute atomic E-state index is 11.3. The van der Waals surface area contributed by atoms with Gasteiger partial charge in [-0.2, -0.15) is 5.26 Å². The number of nitrogens with zero attached hydrogens (tertiary/aromatic N) is 1. The molecule has 1 aliphatic rings. The van der Waals surface area contributed by atoms with E-state index in [2.05, 4.69) is 11.4 Å². The van der Waals surface area contributed by atoms with Gasteiger partial charge in [-0.15, -0.1) is 0 Å². The molecule has 102 valence electrons. The Bertz CT molecular complexity index is 589. The summed E-state index contributed by atoms with van der Waals surface area (Å²) in [6.45, 7) is 0. The summed E-state index contributed by atoms with van der Waals surface area (Å²) in [6, 6.07) is 8.40. The molecule has 6 heteroatoms. The smallest absolute Gasteiger partial charge is 0.175 e. The Kier molecular flexibility index (Phi) is 3.78. The zero-order valence-electron chi connectivity index (χ0n) is 10.6. The fraction of sp³-hybridized carbons (Fsp3) is 0.462. The Balaban J connectivity index is 2.07. The largest absolute Gasteiger partial charge is 0.391 e. The summed E-state index contributed by atoms with van der Waals surface area (Å²) in [5.41, 5.74) is 0.745. The first-order valence-electron chi connectivity index (χ1n) is 6.04. The number of sulfone groups is 1. The maximum atomic E-state index is 11.3. The second kappa shape index (κ2) is 5.19. The Labute approximate surface area is 112 Å². The van der Waals surface area contributed by atoms with Crippen LogP contribution >= 0.6 is 0 Å². The van der Waals surface area contributed by atoms with Gasteiger partial charge in [0.2, 0.25) is 0 Å². The van der Waals surface area contributed by atoms with E-state index in [1.54, 1.807) is 12.1 Å². The normalized spacial score (nSPS) is 26.9. The molecule has 0 unspecified atom stereocenters. The number of nitrogens with one attached hydrogen (secondary N) is 1. The van der Waals surface area contributed by atoms with Gasteiger partial charge in [-0.3, -0.25) is 0 Å². The van der Waals surface area contributed by atoms with Crippen LogP contribution in [0.25, 0.3) is 0 Å². The molecule has 1 saturated carbocycles. The van der Waals surface area contributed by atoms with Crippen molar-refractivity contribution in [2.24, 2.45) is 5.92 Å². The van der Waals surface area contributed by atoms with Crippen molar-refractivity contribution in [2.45, 2.75) is 29.9 Å². The molecule has 0 spiro atoms. The third kappa shape index (κ3) is 3.25. The van der Waals surface area contributed by atoms with E-state index in [1.807, 2.05) is 0 Å². The van der Waals surface area contributed by atoms with Crippen molar-refractivity contribution < 1.29 is 13.5 Å². The van der Waals surface area contributed by atoms with Crippen molar-refractivity contribution in [3.63, 3.8) is 0 Å². The first kappa shape index (κ1) is 13.8. The van der Waals surface area contributed by atoms with Gasteiger partial charge < -0.3 is 10.4 Å². The third-order valence-corrected chi connectivity index (χ3v) is 4.47. The molecule has 5 nitrogen and oxygen atoms in total. The fourth-order valence-electron chi connectivity index (χ4n) is 2.29. The van der Waals surface area contributed by atoms with E-state index in [0.29, 0.717) is 12.8 Å². The van der Waals surface area contributed by atoms with Crippen molar-refractivity contribution in [1.29, 1.82) is 5.26 Å². The molecule has 0 amide bonds. The third-order valence-electron chi connectivity index (χ3n) is 3.35. The second-order valence-electron chi connectivity index (χ2n) is 4.91. The van der Waals surface area contributed by atoms with Crippen LogP contribution in [0.2, 0.25) is 0 Å². The van der Waals surface area contributed by atoms with Crippen molar-refractivity contribution in [1.82, 2.24) is 0 Å². The Morgan fingerprint density at radius 3 is 2.42 bits per heavy atom. The highest BCUT2D eigenvalue weighted by Gasteiger charge is 2.32. The van der Waals surface area contributed by atoms with E-state index in [0.717, 1.165) is 11.9 Å². The van der Waals surface area contributed by atoms with E-state index in [4.69, 9.17) is 5.26 Å². The first-order chi connectivity index (χ1) is 8.90. The van der Waals surface area contributed by atoms with Gasteiger partial charge in [-0.25, -0.2) is 8.42 Å². The van der Waals surface area contributed by atoms with Crippen molar-refractivity contribution in [3.8, 4) is 6.07 Å². The molecule has 2 rings (SSSR count). The number of nitriles is 1. The lowest BCUT2D eigenvalue weighted by molar-refractivity contribution is 0.169. The summed E-state index contributed by atoms with van der Waals surface area (Å²) >= 11 is 0. The summed E-state index contributed by atoms with van der Waals surface area (Å²) in [5.74, 6) is -0.122. The zero-order chi connectivity index (χ0) is 14.0. The summed E-state index contributed by atoms with van der Waals surface area (Å²) in [7, 11) is -3.19. The van der Waals surface area contributed by atoms with Gasteiger partial charge in [0.15, 0.2) is 9.84 Å². The predicted molar refractivity (Wildman–Crippen MR) is 71.3 cm³/mol. The number of rotatable bonds is 3. The molecular weight excluding hydrogens is 264 g/mol. The molecule has 0 aliphatic heterocycles. The average Bonchev–Trinajstić information content (AvgIpc) is 2.70. The highest BCUT2D eigenvalue weighted by Crippen LogP contribution is 2.28. The van der Waals surface area contributed by atoms with E-state index in [1.165, 1.54) is 12.1 Å². The molecule has 1 fully saturated rings. The SMILES string of the molecule is CS(=O)(=O)c1ccc(N[C@@H]2C[C@H](C#N)C[C@H]2O)cc1. The monoisotopic (exact) mass is 280 g/mol. The molecule has 0 aromatic heterocycles. The van der Waals surface area contributed by atoms with Gasteiger partial charge in [-0.1, -0.05) is 0 Å². The lowest BCUT2D eigenvalue weighted by Crippen LogP contribution is -2.27. The van der Waals surface area contributed by atoms with E-state index >= 15 is 0 Å². The molecule has 0 saturated heterocycles. The molecule has 1 aliphatic carbocycles. The topological polar surface area (TPSA) is 90.2 Å². The summed E-state index contributed by atoms with van der Waals surface area (Å²) in [5, 5.41) is 21.8. The van der Waals surface area contributed by atoms with E-state index in [9.17, 15) is 13.5 Å². The van der Waals surface area contributed by atoms with Gasteiger partial charge in [0.1, 0.15) is 0 Å². The van der Waals surface area contributed by atoms with Crippen LogP contribution in [0.15, 0.2) is 29.2 Å². The maximum Gasteiger partial charge on any atom is 0.175 e. The minimum Gasteiger partial charge on any atom is -0.391 e. The Morgan fingerprint density at radius 2 is 1.95 bits per heavy atom. The molecule has 2 N–H and O–H groups in total. The van der Waals surface area contributed by atoms with Crippen LogP contribution in [-0.4, -0.2) is 31.9 Å². The molecule has 19 heavy (non-hydrogen) atoms. The van der Waals surface area contributed by atoms with Crippen LogP contribution in [0.1, 0.15) is 12.8 Å². The molecule has 0 heterocycles. The average molecular weight is 280 g/mol. The van der Waals surface area contributed by atoms with E-state index < -0.39 is 15.9 Å². The minimum absolute atomic E-state index is 0.122. The molecule has 1 aromatic rings. The first-order valence-corrected chi connectivity index (χ1v) is 7.93. The number of anilines is 1. The molecule has 1 aromatic carbocycles. The number of benzene rings is 1.